The van der Waals surface area contributed by atoms with E-state index in [0.29, 0.717) is 0 Å². The molecule has 1 aromatic carbocycles. The number of hydrogen-bond donors (Lipinski definition) is 1. The predicted octanol–water partition coefficient (Wildman–Crippen LogP) is 4.83. The highest BCUT2D eigenvalue weighted by atomic mass is 79.9. The van der Waals surface area contributed by atoms with Crippen LogP contribution in [0.5, 0.6) is 0 Å². The average molecular weight is 348 g/mol. The monoisotopic (exact) mass is 347 g/mol. The van der Waals surface area contributed by atoms with Gasteiger partial charge in [0.2, 0.25) is 0 Å². The van der Waals surface area contributed by atoms with E-state index in [1.807, 2.05) is 0 Å². The molecule has 1 N–H and O–H groups in total. The Labute approximate surface area is 135 Å². The molecule has 3 nitrogen and oxygen atoms in total. The van der Waals surface area contributed by atoms with Gasteiger partial charge in [-0.05, 0) is 57.4 Å². The zero-order chi connectivity index (χ0) is 15.6. The number of benzene rings is 1. The minimum Gasteiger partial charge on any atom is -0.370 e. The summed E-state index contributed by atoms with van der Waals surface area (Å²) in [6.45, 7) is 11.3. The molecule has 2 aromatic rings. The quantitative estimate of drug-likeness (QED) is 0.860. The number of aryl methyl sites for hydroxylation is 3. The van der Waals surface area contributed by atoms with E-state index in [2.05, 4.69) is 68.0 Å². The van der Waals surface area contributed by atoms with E-state index in [1.165, 1.54) is 16.7 Å². The molecule has 0 fully saturated rings. The number of rotatable bonds is 4. The number of hydrogen-bond acceptors (Lipinski definition) is 3. The Morgan fingerprint density at radius 2 is 1.67 bits per heavy atom. The van der Waals surface area contributed by atoms with Gasteiger partial charge in [0.05, 0.1) is 0 Å². The Hall–Kier alpha value is -1.42. The lowest BCUT2D eigenvalue weighted by Crippen LogP contribution is -2.08. The molecule has 0 spiro atoms. The minimum atomic E-state index is 0.791. The number of anilines is 1. The van der Waals surface area contributed by atoms with Crippen molar-refractivity contribution >= 4 is 21.7 Å². The molecule has 0 amide bonds. The normalized spacial score (nSPS) is 10.8. The van der Waals surface area contributed by atoms with Crippen molar-refractivity contribution in [3.8, 4) is 11.4 Å². The fourth-order valence-corrected chi connectivity index (χ4v) is 2.77. The molecule has 112 valence electrons. The maximum Gasteiger partial charge on any atom is 0.161 e. The Balaban J connectivity index is 2.59. The number of halogens is 1. The first kappa shape index (κ1) is 16.0. The molecule has 1 aromatic heterocycles. The molecular weight excluding hydrogens is 326 g/mol. The van der Waals surface area contributed by atoms with Crippen LogP contribution in [0.2, 0.25) is 0 Å². The summed E-state index contributed by atoms with van der Waals surface area (Å²) < 4.78 is 1.15. The standard InChI is InChI=1S/C17H22BrN3/c1-6-14-12(5)20-16(21-17(14)19-7-2)13-8-10(3)15(18)11(4)9-13/h8-9H,6-7H2,1-5H3,(H,19,20,21). The third-order valence-electron chi connectivity index (χ3n) is 3.61. The number of nitrogens with zero attached hydrogens (tertiary/aromatic N) is 2. The van der Waals surface area contributed by atoms with Gasteiger partial charge in [-0.15, -0.1) is 0 Å². The Morgan fingerprint density at radius 3 is 2.19 bits per heavy atom. The molecule has 4 heteroatoms. The Morgan fingerprint density at radius 1 is 1.05 bits per heavy atom. The molecule has 1 heterocycles. The van der Waals surface area contributed by atoms with Gasteiger partial charge in [0.25, 0.3) is 0 Å². The minimum absolute atomic E-state index is 0.791. The highest BCUT2D eigenvalue weighted by molar-refractivity contribution is 9.10. The molecule has 0 aliphatic heterocycles. The van der Waals surface area contributed by atoms with Crippen LogP contribution < -0.4 is 5.32 Å². The maximum absolute atomic E-state index is 4.74. The van der Waals surface area contributed by atoms with Gasteiger partial charge >= 0.3 is 0 Å². The number of nitrogens with one attached hydrogen (secondary N) is 1. The summed E-state index contributed by atoms with van der Waals surface area (Å²) in [6.07, 6.45) is 0.937. The van der Waals surface area contributed by atoms with Gasteiger partial charge in [-0.3, -0.25) is 0 Å². The van der Waals surface area contributed by atoms with Crippen LogP contribution in [-0.2, 0) is 6.42 Å². The van der Waals surface area contributed by atoms with Gasteiger partial charge in [0.15, 0.2) is 5.82 Å². The first-order valence-electron chi connectivity index (χ1n) is 7.36. The van der Waals surface area contributed by atoms with Gasteiger partial charge < -0.3 is 5.32 Å². The highest BCUT2D eigenvalue weighted by Gasteiger charge is 2.12. The molecule has 0 saturated carbocycles. The molecule has 0 atom stereocenters. The zero-order valence-electron chi connectivity index (χ0n) is 13.3. The van der Waals surface area contributed by atoms with Crippen molar-refractivity contribution in [2.24, 2.45) is 0 Å². The third-order valence-corrected chi connectivity index (χ3v) is 4.86. The second kappa shape index (κ2) is 6.56. The van der Waals surface area contributed by atoms with Gasteiger partial charge in [-0.2, -0.15) is 0 Å². The molecule has 0 aliphatic carbocycles. The largest absolute Gasteiger partial charge is 0.370 e. The van der Waals surface area contributed by atoms with Crippen LogP contribution in [0.15, 0.2) is 16.6 Å². The average Bonchev–Trinajstić information content (AvgIpc) is 2.44. The molecule has 0 aliphatic rings. The van der Waals surface area contributed by atoms with E-state index in [-0.39, 0.29) is 0 Å². The van der Waals surface area contributed by atoms with Crippen molar-refractivity contribution < 1.29 is 0 Å². The van der Waals surface area contributed by atoms with E-state index >= 15 is 0 Å². The SMILES string of the molecule is CCNc1nc(-c2cc(C)c(Br)c(C)c2)nc(C)c1CC. The van der Waals surface area contributed by atoms with Gasteiger partial charge in [-0.25, -0.2) is 9.97 Å². The smallest absolute Gasteiger partial charge is 0.161 e. The molecule has 2 rings (SSSR count). The van der Waals surface area contributed by atoms with Crippen molar-refractivity contribution in [3.63, 3.8) is 0 Å². The van der Waals surface area contributed by atoms with Crippen molar-refractivity contribution in [1.29, 1.82) is 0 Å². The summed E-state index contributed by atoms with van der Waals surface area (Å²) in [4.78, 5) is 9.44. The van der Waals surface area contributed by atoms with E-state index in [4.69, 9.17) is 9.97 Å². The van der Waals surface area contributed by atoms with Crippen LogP contribution in [-0.4, -0.2) is 16.5 Å². The first-order valence-corrected chi connectivity index (χ1v) is 8.15. The summed E-state index contributed by atoms with van der Waals surface area (Å²) in [5, 5.41) is 3.36. The lowest BCUT2D eigenvalue weighted by atomic mass is 10.1. The molecular formula is C17H22BrN3. The molecule has 0 radical (unpaired) electrons. The van der Waals surface area contributed by atoms with Crippen LogP contribution in [0.4, 0.5) is 5.82 Å². The fraction of sp³-hybridized carbons (Fsp3) is 0.412. The van der Waals surface area contributed by atoms with Gasteiger partial charge in [0.1, 0.15) is 5.82 Å². The summed E-state index contributed by atoms with van der Waals surface area (Å²) in [5.41, 5.74) is 5.73. The molecule has 21 heavy (non-hydrogen) atoms. The van der Waals surface area contributed by atoms with E-state index in [0.717, 1.165) is 40.3 Å². The van der Waals surface area contributed by atoms with E-state index < -0.39 is 0 Å². The van der Waals surface area contributed by atoms with Crippen LogP contribution in [0, 0.1) is 20.8 Å². The number of aromatic nitrogens is 2. The highest BCUT2D eigenvalue weighted by Crippen LogP contribution is 2.28. The summed E-state index contributed by atoms with van der Waals surface area (Å²) in [7, 11) is 0. The molecule has 0 unspecified atom stereocenters. The first-order chi connectivity index (χ1) is 9.97. The molecule has 0 saturated heterocycles. The lowest BCUT2D eigenvalue weighted by Gasteiger charge is -2.14. The lowest BCUT2D eigenvalue weighted by molar-refractivity contribution is 0.989. The fourth-order valence-electron chi connectivity index (χ4n) is 2.54. The summed E-state index contributed by atoms with van der Waals surface area (Å²) >= 11 is 3.61. The van der Waals surface area contributed by atoms with Crippen LogP contribution in [0.3, 0.4) is 0 Å². The van der Waals surface area contributed by atoms with Crippen molar-refractivity contribution in [2.75, 3.05) is 11.9 Å². The van der Waals surface area contributed by atoms with E-state index in [9.17, 15) is 0 Å². The van der Waals surface area contributed by atoms with E-state index in [1.54, 1.807) is 0 Å². The maximum atomic E-state index is 4.74. The van der Waals surface area contributed by atoms with Crippen LogP contribution in [0.25, 0.3) is 11.4 Å². The van der Waals surface area contributed by atoms with Crippen molar-refractivity contribution in [1.82, 2.24) is 9.97 Å². The summed E-state index contributed by atoms with van der Waals surface area (Å²) in [5.74, 6) is 1.75. The van der Waals surface area contributed by atoms with Crippen LogP contribution in [0.1, 0.15) is 36.2 Å². The predicted molar refractivity (Wildman–Crippen MR) is 92.9 cm³/mol. The second-order valence-electron chi connectivity index (χ2n) is 5.27. The van der Waals surface area contributed by atoms with Gasteiger partial charge in [-0.1, -0.05) is 22.9 Å². The topological polar surface area (TPSA) is 37.8 Å². The third kappa shape index (κ3) is 3.26. The van der Waals surface area contributed by atoms with Crippen molar-refractivity contribution in [3.05, 3.63) is 39.0 Å². The van der Waals surface area contributed by atoms with Crippen LogP contribution >= 0.6 is 15.9 Å². The second-order valence-corrected chi connectivity index (χ2v) is 6.06. The Kier molecular flexibility index (Phi) is 4.99. The van der Waals surface area contributed by atoms with Crippen molar-refractivity contribution in [2.45, 2.75) is 41.0 Å². The van der Waals surface area contributed by atoms with Gasteiger partial charge in [0, 0.05) is 27.8 Å². The zero-order valence-corrected chi connectivity index (χ0v) is 14.9. The molecule has 0 bridgehead atoms. The Bertz CT molecular complexity index is 642. The summed E-state index contributed by atoms with van der Waals surface area (Å²) in [6, 6.07) is 4.26.